The van der Waals surface area contributed by atoms with Gasteiger partial charge in [0.15, 0.2) is 6.61 Å². The minimum Gasteiger partial charge on any atom is -0.482 e. The van der Waals surface area contributed by atoms with Gasteiger partial charge in [0.2, 0.25) is 0 Å². The Labute approximate surface area is 160 Å². The third kappa shape index (κ3) is 5.02. The van der Waals surface area contributed by atoms with Crippen LogP contribution in [0.25, 0.3) is 0 Å². The van der Waals surface area contributed by atoms with E-state index in [1.807, 2.05) is 27.7 Å². The van der Waals surface area contributed by atoms with E-state index in [1.54, 1.807) is 31.2 Å². The van der Waals surface area contributed by atoms with Crippen LogP contribution in [0.4, 0.5) is 0 Å². The number of aliphatic carboxylic acids is 1. The SMILES string of the molecule is CCOC(=O)CC(B1OC(C)(C)C(C)(C)O1)c1ccccc1OCC(=O)O. The summed E-state index contributed by atoms with van der Waals surface area (Å²) in [4.78, 5) is 23.1. The summed E-state index contributed by atoms with van der Waals surface area (Å²) in [5.41, 5.74) is -0.492. The Morgan fingerprint density at radius 2 is 1.74 bits per heavy atom. The fourth-order valence-electron chi connectivity index (χ4n) is 2.86. The van der Waals surface area contributed by atoms with Gasteiger partial charge in [0.1, 0.15) is 5.75 Å². The summed E-state index contributed by atoms with van der Waals surface area (Å²) in [6.07, 6.45) is 0.0259. The first-order chi connectivity index (χ1) is 12.6. The number of carboxylic acids is 1. The highest BCUT2D eigenvalue weighted by Gasteiger charge is 2.54. The molecule has 1 unspecified atom stereocenters. The molecule has 0 aromatic heterocycles. The molecule has 7 nitrogen and oxygen atoms in total. The molecule has 8 heteroatoms. The number of rotatable bonds is 8. The third-order valence-electron chi connectivity index (χ3n) is 4.96. The number of esters is 1. The highest BCUT2D eigenvalue weighted by Crippen LogP contribution is 2.43. The van der Waals surface area contributed by atoms with E-state index in [2.05, 4.69) is 0 Å². The van der Waals surface area contributed by atoms with Gasteiger partial charge in [-0.2, -0.15) is 0 Å². The second-order valence-electron chi connectivity index (χ2n) is 7.46. The van der Waals surface area contributed by atoms with Crippen molar-refractivity contribution in [1.29, 1.82) is 0 Å². The van der Waals surface area contributed by atoms with Crippen LogP contribution in [0.5, 0.6) is 5.75 Å². The minimum atomic E-state index is -1.08. The van der Waals surface area contributed by atoms with Crippen molar-refractivity contribution in [3.8, 4) is 5.75 Å². The predicted octanol–water partition coefficient (Wildman–Crippen LogP) is 2.82. The zero-order valence-corrected chi connectivity index (χ0v) is 16.5. The first kappa shape index (κ1) is 21.2. The van der Waals surface area contributed by atoms with Crippen LogP contribution in [0, 0.1) is 0 Å². The molecule has 0 amide bonds. The van der Waals surface area contributed by atoms with Gasteiger partial charge in [-0.25, -0.2) is 4.79 Å². The highest BCUT2D eigenvalue weighted by atomic mass is 16.7. The zero-order valence-electron chi connectivity index (χ0n) is 16.5. The molecule has 1 fully saturated rings. The van der Waals surface area contributed by atoms with Crippen molar-refractivity contribution in [2.45, 2.75) is 58.1 Å². The molecule has 0 spiro atoms. The molecule has 0 saturated carbocycles. The second kappa shape index (κ2) is 8.31. The maximum atomic E-state index is 12.2. The molecular weight excluding hydrogens is 351 g/mol. The molecule has 1 atom stereocenters. The van der Waals surface area contributed by atoms with Crippen LogP contribution in [0.1, 0.15) is 52.4 Å². The Hall–Kier alpha value is -2.06. The van der Waals surface area contributed by atoms with E-state index in [4.69, 9.17) is 23.9 Å². The number of benzene rings is 1. The maximum Gasteiger partial charge on any atom is 0.466 e. The van der Waals surface area contributed by atoms with E-state index in [9.17, 15) is 9.59 Å². The molecule has 1 aliphatic rings. The van der Waals surface area contributed by atoms with Gasteiger partial charge in [-0.05, 0) is 46.2 Å². The Morgan fingerprint density at radius 3 is 2.30 bits per heavy atom. The van der Waals surface area contributed by atoms with Crippen molar-refractivity contribution >= 4 is 19.1 Å². The number of para-hydroxylation sites is 1. The largest absolute Gasteiger partial charge is 0.482 e. The van der Waals surface area contributed by atoms with E-state index >= 15 is 0 Å². The fourth-order valence-corrected chi connectivity index (χ4v) is 2.86. The van der Waals surface area contributed by atoms with Crippen LogP contribution in [0.3, 0.4) is 0 Å². The minimum absolute atomic E-state index is 0.0259. The maximum absolute atomic E-state index is 12.2. The Bertz CT molecular complexity index is 670. The van der Waals surface area contributed by atoms with Crippen molar-refractivity contribution in [3.05, 3.63) is 29.8 Å². The summed E-state index contributed by atoms with van der Waals surface area (Å²) in [6.45, 7) is 9.26. The summed E-state index contributed by atoms with van der Waals surface area (Å²) in [7, 11) is -0.700. The van der Waals surface area contributed by atoms with Crippen molar-refractivity contribution in [3.63, 3.8) is 0 Å². The lowest BCUT2D eigenvalue weighted by Gasteiger charge is -2.32. The smallest absolute Gasteiger partial charge is 0.466 e. The van der Waals surface area contributed by atoms with Crippen LogP contribution in [0.15, 0.2) is 24.3 Å². The monoisotopic (exact) mass is 378 g/mol. The van der Waals surface area contributed by atoms with Crippen LogP contribution in [-0.4, -0.2) is 48.6 Å². The summed E-state index contributed by atoms with van der Waals surface area (Å²) in [5.74, 6) is -1.59. The molecule has 2 rings (SSSR count). The molecule has 1 heterocycles. The topological polar surface area (TPSA) is 91.3 Å². The van der Waals surface area contributed by atoms with Gasteiger partial charge in [-0.1, -0.05) is 18.2 Å². The molecule has 148 valence electrons. The van der Waals surface area contributed by atoms with Crippen LogP contribution in [-0.2, 0) is 23.6 Å². The summed E-state index contributed by atoms with van der Waals surface area (Å²) in [6, 6.07) is 6.99. The molecule has 0 aliphatic carbocycles. The standard InChI is InChI=1S/C19H27BO7/c1-6-24-17(23)11-14(20-26-18(2,3)19(4,5)27-20)13-9-7-8-10-15(13)25-12-16(21)22/h7-10,14H,6,11-12H2,1-5H3,(H,21,22). The molecule has 1 aliphatic heterocycles. The number of carbonyl (C=O) groups excluding carboxylic acids is 1. The van der Waals surface area contributed by atoms with Gasteiger partial charge in [0.25, 0.3) is 0 Å². The first-order valence-electron chi connectivity index (χ1n) is 9.02. The Balaban J connectivity index is 2.37. The van der Waals surface area contributed by atoms with Gasteiger partial charge < -0.3 is 23.9 Å². The quantitative estimate of drug-likeness (QED) is 0.549. The predicted molar refractivity (Wildman–Crippen MR) is 99.6 cm³/mol. The lowest BCUT2D eigenvalue weighted by Crippen LogP contribution is -2.41. The van der Waals surface area contributed by atoms with Crippen molar-refractivity contribution in [2.75, 3.05) is 13.2 Å². The third-order valence-corrected chi connectivity index (χ3v) is 4.96. The fraction of sp³-hybridized carbons (Fsp3) is 0.579. The average Bonchev–Trinajstić information content (AvgIpc) is 2.79. The molecule has 0 radical (unpaired) electrons. The summed E-state index contributed by atoms with van der Waals surface area (Å²) in [5, 5.41) is 8.92. The highest BCUT2D eigenvalue weighted by molar-refractivity contribution is 6.48. The van der Waals surface area contributed by atoms with Gasteiger partial charge in [-0.3, -0.25) is 4.79 Å². The molecule has 1 aromatic carbocycles. The average molecular weight is 378 g/mol. The van der Waals surface area contributed by atoms with Crippen LogP contribution < -0.4 is 4.74 Å². The number of carboxylic acid groups (broad SMARTS) is 1. The summed E-state index contributed by atoms with van der Waals surface area (Å²) >= 11 is 0. The summed E-state index contributed by atoms with van der Waals surface area (Å²) < 4.78 is 22.8. The van der Waals surface area contributed by atoms with E-state index in [0.717, 1.165) is 0 Å². The molecule has 1 saturated heterocycles. The lowest BCUT2D eigenvalue weighted by molar-refractivity contribution is -0.143. The van der Waals surface area contributed by atoms with E-state index in [-0.39, 0.29) is 19.0 Å². The molecule has 1 aromatic rings. The van der Waals surface area contributed by atoms with Crippen LogP contribution >= 0.6 is 0 Å². The number of hydrogen-bond acceptors (Lipinski definition) is 6. The number of ether oxygens (including phenoxy) is 2. The normalized spacial score (nSPS) is 18.8. The van der Waals surface area contributed by atoms with E-state index < -0.39 is 36.7 Å². The van der Waals surface area contributed by atoms with Crippen molar-refractivity contribution in [1.82, 2.24) is 0 Å². The molecular formula is C19H27BO7. The van der Waals surface area contributed by atoms with Gasteiger partial charge in [0, 0.05) is 5.82 Å². The van der Waals surface area contributed by atoms with Crippen molar-refractivity contribution < 1.29 is 33.5 Å². The molecule has 27 heavy (non-hydrogen) atoms. The zero-order chi connectivity index (χ0) is 20.2. The Kier molecular flexibility index (Phi) is 6.54. The molecule has 1 N–H and O–H groups in total. The van der Waals surface area contributed by atoms with E-state index in [0.29, 0.717) is 11.3 Å². The second-order valence-corrected chi connectivity index (χ2v) is 7.46. The van der Waals surface area contributed by atoms with Gasteiger partial charge in [0.05, 0.1) is 24.2 Å². The van der Waals surface area contributed by atoms with Crippen LogP contribution in [0.2, 0.25) is 0 Å². The van der Waals surface area contributed by atoms with Gasteiger partial charge >= 0.3 is 19.1 Å². The van der Waals surface area contributed by atoms with Crippen molar-refractivity contribution in [2.24, 2.45) is 0 Å². The lowest BCUT2D eigenvalue weighted by atomic mass is 9.66. The number of carbonyl (C=O) groups is 2. The first-order valence-corrected chi connectivity index (χ1v) is 9.02. The van der Waals surface area contributed by atoms with Gasteiger partial charge in [-0.15, -0.1) is 0 Å². The van der Waals surface area contributed by atoms with E-state index in [1.165, 1.54) is 0 Å². The Morgan fingerprint density at radius 1 is 1.15 bits per heavy atom. The number of hydrogen-bond donors (Lipinski definition) is 1. The molecule has 0 bridgehead atoms.